The standard InChI is InChI=1S/C21H27FN6O/c1-21(24)7-4-8-27(13-21)18-10-17(25-2)19(20(29)26-3)28(18)12-15-9-16(22)6-5-14(15)11-23/h5-6,9-10,25H,4,7-8,12-13,24H2,1-3H3,(H,26,29)/t21-/m1/s1. The summed E-state index contributed by atoms with van der Waals surface area (Å²) in [4.78, 5) is 14.8. The molecule has 29 heavy (non-hydrogen) atoms. The van der Waals surface area contributed by atoms with Crippen molar-refractivity contribution >= 4 is 17.4 Å². The zero-order valence-electron chi connectivity index (χ0n) is 17.1. The Morgan fingerprint density at radius 2 is 2.14 bits per heavy atom. The molecule has 1 fully saturated rings. The van der Waals surface area contributed by atoms with Crippen molar-refractivity contribution in [3.8, 4) is 6.07 Å². The van der Waals surface area contributed by atoms with Crippen LogP contribution in [0.1, 0.15) is 41.4 Å². The highest BCUT2D eigenvalue weighted by molar-refractivity contribution is 5.99. The molecule has 0 radical (unpaired) electrons. The van der Waals surface area contributed by atoms with E-state index in [0.29, 0.717) is 29.1 Å². The molecule has 1 aliphatic heterocycles. The minimum absolute atomic E-state index is 0.193. The highest BCUT2D eigenvalue weighted by Crippen LogP contribution is 2.33. The molecule has 154 valence electrons. The van der Waals surface area contributed by atoms with Crippen molar-refractivity contribution in [2.45, 2.75) is 31.8 Å². The largest absolute Gasteiger partial charge is 0.386 e. The molecule has 1 aromatic heterocycles. The van der Waals surface area contributed by atoms with E-state index < -0.39 is 5.82 Å². The normalized spacial score (nSPS) is 19.0. The smallest absolute Gasteiger partial charge is 0.269 e. The Morgan fingerprint density at radius 1 is 1.38 bits per heavy atom. The van der Waals surface area contributed by atoms with Crippen LogP contribution in [0.25, 0.3) is 0 Å². The molecule has 0 unspecified atom stereocenters. The summed E-state index contributed by atoms with van der Waals surface area (Å²) in [5.74, 6) is 0.135. The van der Waals surface area contributed by atoms with Crippen molar-refractivity contribution < 1.29 is 9.18 Å². The minimum atomic E-state index is -0.421. The molecule has 1 aromatic carbocycles. The number of hydrogen-bond acceptors (Lipinski definition) is 5. The first-order valence-corrected chi connectivity index (χ1v) is 9.65. The molecular formula is C21H27FN6O. The number of nitriles is 1. The molecule has 0 spiro atoms. The predicted octanol–water partition coefficient (Wildman–Crippen LogP) is 2.27. The molecule has 2 heterocycles. The maximum absolute atomic E-state index is 13.9. The van der Waals surface area contributed by atoms with E-state index in [1.54, 1.807) is 14.1 Å². The fourth-order valence-corrected chi connectivity index (χ4v) is 3.95. The van der Waals surface area contributed by atoms with Gasteiger partial charge >= 0.3 is 0 Å². The van der Waals surface area contributed by atoms with E-state index in [2.05, 4.69) is 21.6 Å². The fourth-order valence-electron chi connectivity index (χ4n) is 3.95. The van der Waals surface area contributed by atoms with Crippen LogP contribution in [0.2, 0.25) is 0 Å². The number of halogens is 1. The molecule has 1 amide bonds. The summed E-state index contributed by atoms with van der Waals surface area (Å²) < 4.78 is 15.7. The van der Waals surface area contributed by atoms with Crippen molar-refractivity contribution in [2.75, 3.05) is 37.4 Å². The van der Waals surface area contributed by atoms with Crippen molar-refractivity contribution in [1.82, 2.24) is 9.88 Å². The number of carbonyl (C=O) groups is 1. The van der Waals surface area contributed by atoms with Gasteiger partial charge in [-0.2, -0.15) is 5.26 Å². The number of rotatable bonds is 5. The summed E-state index contributed by atoms with van der Waals surface area (Å²) in [5, 5.41) is 15.2. The van der Waals surface area contributed by atoms with E-state index in [-0.39, 0.29) is 18.0 Å². The quantitative estimate of drug-likeness (QED) is 0.718. The lowest BCUT2D eigenvalue weighted by molar-refractivity contribution is 0.0955. The Hall–Kier alpha value is -3.05. The van der Waals surface area contributed by atoms with Gasteiger partial charge in [-0.3, -0.25) is 4.79 Å². The zero-order valence-corrected chi connectivity index (χ0v) is 17.1. The number of aromatic nitrogens is 1. The number of amides is 1. The van der Waals surface area contributed by atoms with Gasteiger partial charge in [-0.15, -0.1) is 0 Å². The van der Waals surface area contributed by atoms with Crippen LogP contribution in [0.4, 0.5) is 15.9 Å². The molecule has 1 saturated heterocycles. The first-order chi connectivity index (χ1) is 13.8. The second kappa shape index (κ2) is 8.13. The lowest BCUT2D eigenvalue weighted by Gasteiger charge is -2.39. The Labute approximate surface area is 170 Å². The summed E-state index contributed by atoms with van der Waals surface area (Å²) in [6.45, 7) is 3.66. The number of nitrogens with one attached hydrogen (secondary N) is 2. The van der Waals surface area contributed by atoms with Crippen molar-refractivity contribution in [2.24, 2.45) is 5.73 Å². The van der Waals surface area contributed by atoms with E-state index in [4.69, 9.17) is 5.73 Å². The molecule has 8 heteroatoms. The lowest BCUT2D eigenvalue weighted by Crippen LogP contribution is -2.52. The molecule has 2 aromatic rings. The summed E-state index contributed by atoms with van der Waals surface area (Å²) >= 11 is 0. The molecule has 0 aliphatic carbocycles. The number of nitrogens with two attached hydrogens (primary N) is 1. The SMILES string of the molecule is CNC(=O)c1c(NC)cc(N2CCC[C@@](C)(N)C2)n1Cc1cc(F)ccc1C#N. The summed E-state index contributed by atoms with van der Waals surface area (Å²) in [5.41, 5.74) is 8.06. The third-order valence-corrected chi connectivity index (χ3v) is 5.35. The molecule has 1 atom stereocenters. The maximum Gasteiger partial charge on any atom is 0.269 e. The van der Waals surface area contributed by atoms with Crippen molar-refractivity contribution in [3.05, 3.63) is 46.9 Å². The van der Waals surface area contributed by atoms with Crippen LogP contribution >= 0.6 is 0 Å². The lowest BCUT2D eigenvalue weighted by atomic mass is 9.92. The minimum Gasteiger partial charge on any atom is -0.386 e. The average Bonchev–Trinajstić information content (AvgIpc) is 3.05. The van der Waals surface area contributed by atoms with Gasteiger partial charge in [-0.05, 0) is 43.5 Å². The van der Waals surface area contributed by atoms with E-state index in [1.807, 2.05) is 17.6 Å². The van der Waals surface area contributed by atoms with E-state index in [1.165, 1.54) is 18.2 Å². The van der Waals surface area contributed by atoms with E-state index >= 15 is 0 Å². The number of carbonyl (C=O) groups excluding carboxylic acids is 1. The molecule has 3 rings (SSSR count). The molecule has 7 nitrogen and oxygen atoms in total. The van der Waals surface area contributed by atoms with E-state index in [0.717, 1.165) is 25.2 Å². The van der Waals surface area contributed by atoms with Gasteiger partial charge in [-0.25, -0.2) is 4.39 Å². The van der Waals surface area contributed by atoms with Gasteiger partial charge in [0, 0.05) is 38.8 Å². The monoisotopic (exact) mass is 398 g/mol. The van der Waals surface area contributed by atoms with Gasteiger partial charge in [0.2, 0.25) is 0 Å². The summed E-state index contributed by atoms with van der Waals surface area (Å²) in [6, 6.07) is 8.10. The van der Waals surface area contributed by atoms with Gasteiger partial charge in [0.05, 0.1) is 23.9 Å². The summed E-state index contributed by atoms with van der Waals surface area (Å²) in [6.07, 6.45) is 1.86. The predicted molar refractivity (Wildman–Crippen MR) is 112 cm³/mol. The fraction of sp³-hybridized carbons (Fsp3) is 0.429. The average molecular weight is 398 g/mol. The Bertz CT molecular complexity index is 959. The first kappa shape index (κ1) is 20.7. The maximum atomic E-state index is 13.9. The van der Waals surface area contributed by atoms with Gasteiger partial charge in [0.15, 0.2) is 0 Å². The van der Waals surface area contributed by atoms with Crippen LogP contribution in [0.5, 0.6) is 0 Å². The number of piperidine rings is 1. The van der Waals surface area contributed by atoms with Crippen molar-refractivity contribution in [1.29, 1.82) is 5.26 Å². The van der Waals surface area contributed by atoms with E-state index in [9.17, 15) is 14.4 Å². The van der Waals surface area contributed by atoms with Crippen LogP contribution < -0.4 is 21.3 Å². The van der Waals surface area contributed by atoms with Crippen LogP contribution in [0.3, 0.4) is 0 Å². The van der Waals surface area contributed by atoms with Gasteiger partial charge < -0.3 is 25.8 Å². The topological polar surface area (TPSA) is 99.1 Å². The number of anilines is 2. The van der Waals surface area contributed by atoms with Crippen LogP contribution in [0.15, 0.2) is 24.3 Å². The molecule has 0 bridgehead atoms. The Kier molecular flexibility index (Phi) is 5.80. The molecule has 4 N–H and O–H groups in total. The highest BCUT2D eigenvalue weighted by atomic mass is 19.1. The van der Waals surface area contributed by atoms with Crippen molar-refractivity contribution in [3.63, 3.8) is 0 Å². The van der Waals surface area contributed by atoms with Gasteiger partial charge in [0.1, 0.15) is 17.3 Å². The molecule has 0 saturated carbocycles. The second-order valence-corrected chi connectivity index (χ2v) is 7.77. The summed E-state index contributed by atoms with van der Waals surface area (Å²) in [7, 11) is 3.32. The second-order valence-electron chi connectivity index (χ2n) is 7.77. The zero-order chi connectivity index (χ0) is 21.2. The third-order valence-electron chi connectivity index (χ3n) is 5.35. The first-order valence-electron chi connectivity index (χ1n) is 9.65. The van der Waals surface area contributed by atoms with Gasteiger partial charge in [0.25, 0.3) is 5.91 Å². The van der Waals surface area contributed by atoms with Crippen LogP contribution in [-0.4, -0.2) is 43.2 Å². The number of hydrogen-bond donors (Lipinski definition) is 3. The molecular weight excluding hydrogens is 371 g/mol. The molecule has 1 aliphatic rings. The highest BCUT2D eigenvalue weighted by Gasteiger charge is 2.31. The van der Waals surface area contributed by atoms with Crippen LogP contribution in [0, 0.1) is 17.1 Å². The number of benzene rings is 1. The van der Waals surface area contributed by atoms with Crippen LogP contribution in [-0.2, 0) is 6.54 Å². The van der Waals surface area contributed by atoms with Gasteiger partial charge in [-0.1, -0.05) is 0 Å². The Balaban J connectivity index is 2.15. The Morgan fingerprint density at radius 3 is 2.76 bits per heavy atom. The third kappa shape index (κ3) is 4.20. The number of nitrogens with zero attached hydrogens (tertiary/aromatic N) is 3.